The van der Waals surface area contributed by atoms with Gasteiger partial charge in [0.1, 0.15) is 0 Å². The van der Waals surface area contributed by atoms with Crippen LogP contribution in [0.2, 0.25) is 0 Å². The third-order valence-corrected chi connectivity index (χ3v) is 11.0. The first-order valence-electron chi connectivity index (χ1n) is 14.2. The lowest BCUT2D eigenvalue weighted by atomic mass is 9.36. The Morgan fingerprint density at radius 2 is 1.47 bits per heavy atom. The quantitative estimate of drug-likeness (QED) is 0.251. The zero-order valence-corrected chi connectivity index (χ0v) is 21.8. The van der Waals surface area contributed by atoms with E-state index >= 15 is 0 Å². The number of hydrogen-bond acceptors (Lipinski definition) is 2. The summed E-state index contributed by atoms with van der Waals surface area (Å²) in [6, 6.07) is 32.1. The van der Waals surface area contributed by atoms with Crippen LogP contribution >= 0.6 is 0 Å². The van der Waals surface area contributed by atoms with Crippen molar-refractivity contribution in [1.29, 1.82) is 0 Å². The van der Waals surface area contributed by atoms with Gasteiger partial charge in [0.05, 0.1) is 16.7 Å². The predicted octanol–water partition coefficient (Wildman–Crippen LogP) is 6.30. The molecule has 0 saturated heterocycles. The monoisotopic (exact) mass is 489 g/mol. The van der Waals surface area contributed by atoms with E-state index in [1.54, 1.807) is 11.0 Å². The summed E-state index contributed by atoms with van der Waals surface area (Å²) in [7, 11) is 0. The van der Waals surface area contributed by atoms with Gasteiger partial charge in [0.15, 0.2) is 0 Å². The first-order chi connectivity index (χ1) is 18.6. The fraction of sp³-hybridized carbons (Fsp3) is 0.235. The molecule has 38 heavy (non-hydrogen) atoms. The normalized spacial score (nSPS) is 24.7. The fourth-order valence-corrected chi connectivity index (χ4v) is 9.29. The number of benzene rings is 4. The zero-order valence-electron chi connectivity index (χ0n) is 21.8. The van der Waals surface area contributed by atoms with Crippen molar-refractivity contribution in [2.75, 3.05) is 9.80 Å². The number of rotatable bonds is 1. The summed E-state index contributed by atoms with van der Waals surface area (Å²) in [5.74, 6) is 0. The molecule has 4 aromatic carbocycles. The molecule has 5 aliphatic rings. The van der Waals surface area contributed by atoms with Crippen molar-refractivity contribution in [1.82, 2.24) is 4.57 Å². The van der Waals surface area contributed by atoms with Crippen LogP contribution in [0, 0.1) is 0 Å². The second-order valence-corrected chi connectivity index (χ2v) is 12.4. The Bertz CT molecular complexity index is 1890. The Morgan fingerprint density at radius 3 is 2.37 bits per heavy atom. The molecule has 0 spiro atoms. The smallest absolute Gasteiger partial charge is 0.275 e. The van der Waals surface area contributed by atoms with Crippen molar-refractivity contribution in [3.63, 3.8) is 0 Å². The van der Waals surface area contributed by atoms with Crippen molar-refractivity contribution in [3.05, 3.63) is 90.5 Å². The average molecular weight is 489 g/mol. The molecule has 1 aliphatic carbocycles. The van der Waals surface area contributed by atoms with Gasteiger partial charge in [-0.3, -0.25) is 0 Å². The van der Waals surface area contributed by atoms with Crippen LogP contribution in [0.5, 0.6) is 0 Å². The molecule has 5 heterocycles. The van der Waals surface area contributed by atoms with Crippen LogP contribution in [0.1, 0.15) is 45.1 Å². The van der Waals surface area contributed by atoms with E-state index in [9.17, 15) is 0 Å². The van der Waals surface area contributed by atoms with Crippen LogP contribution in [0.25, 0.3) is 16.6 Å². The maximum atomic E-state index is 2.82. The molecule has 1 aromatic heterocycles. The van der Waals surface area contributed by atoms with Crippen LogP contribution in [-0.2, 0) is 5.41 Å². The van der Waals surface area contributed by atoms with Gasteiger partial charge in [0.2, 0.25) is 0 Å². The molecule has 5 aromatic rings. The van der Waals surface area contributed by atoms with Gasteiger partial charge in [0, 0.05) is 44.8 Å². The Labute approximate surface area is 223 Å². The van der Waals surface area contributed by atoms with E-state index in [1.165, 1.54) is 81.8 Å². The second-order valence-electron chi connectivity index (χ2n) is 12.4. The van der Waals surface area contributed by atoms with Gasteiger partial charge < -0.3 is 14.4 Å². The Kier molecular flexibility index (Phi) is 3.28. The standard InChI is InChI=1S/C34H28BN3/c1-33-19-8-9-20-34(33,2)38-27-16-10-15-25-28(27)35-29-26(18-17-23(33)31(29)38)37-24-14-7-6-13-22(24)30(32(35)37)36(25)21-11-4-3-5-12-21/h3-7,10-18H,8-9,19-20H2,1-2H3. The third-order valence-electron chi connectivity index (χ3n) is 11.0. The lowest BCUT2D eigenvalue weighted by Crippen LogP contribution is -2.63. The summed E-state index contributed by atoms with van der Waals surface area (Å²) < 4.78 is 2.61. The summed E-state index contributed by atoms with van der Waals surface area (Å²) in [6.07, 6.45) is 5.14. The number of fused-ring (bicyclic) bond motifs is 8. The fourth-order valence-electron chi connectivity index (χ4n) is 9.29. The molecule has 0 bridgehead atoms. The number of hydrogen-bond donors (Lipinski definition) is 0. The van der Waals surface area contributed by atoms with Crippen molar-refractivity contribution < 1.29 is 0 Å². The largest absolute Gasteiger partial charge is 0.335 e. The van der Waals surface area contributed by atoms with Gasteiger partial charge in [-0.25, -0.2) is 0 Å². The molecule has 3 nitrogen and oxygen atoms in total. The first-order valence-corrected chi connectivity index (χ1v) is 14.2. The molecule has 2 atom stereocenters. The highest BCUT2D eigenvalue weighted by molar-refractivity contribution is 7.02. The highest BCUT2D eigenvalue weighted by Gasteiger charge is 2.63. The summed E-state index contributed by atoms with van der Waals surface area (Å²) in [5.41, 5.74) is 15.9. The van der Waals surface area contributed by atoms with E-state index in [0.29, 0.717) is 0 Å². The van der Waals surface area contributed by atoms with Crippen molar-refractivity contribution in [3.8, 4) is 5.69 Å². The van der Waals surface area contributed by atoms with Crippen LogP contribution in [0.15, 0.2) is 84.9 Å². The molecule has 2 unspecified atom stereocenters. The van der Waals surface area contributed by atoms with Crippen molar-refractivity contribution >= 4 is 62.6 Å². The molecule has 0 radical (unpaired) electrons. The lowest BCUT2D eigenvalue weighted by Gasteiger charge is -2.52. The Hall–Kier alpha value is -3.92. The summed E-state index contributed by atoms with van der Waals surface area (Å²) in [4.78, 5) is 5.37. The van der Waals surface area contributed by atoms with Gasteiger partial charge in [-0.15, -0.1) is 0 Å². The van der Waals surface area contributed by atoms with Gasteiger partial charge in [-0.05, 0) is 72.7 Å². The minimum absolute atomic E-state index is 0.0833. The molecular weight excluding hydrogens is 461 g/mol. The molecule has 10 rings (SSSR count). The Balaban J connectivity index is 1.42. The highest BCUT2D eigenvalue weighted by Crippen LogP contribution is 2.62. The van der Waals surface area contributed by atoms with E-state index in [0.717, 1.165) is 0 Å². The van der Waals surface area contributed by atoms with E-state index in [2.05, 4.69) is 113 Å². The topological polar surface area (TPSA) is 11.4 Å². The number of anilines is 5. The number of aromatic nitrogens is 1. The maximum Gasteiger partial charge on any atom is 0.275 e. The minimum atomic E-state index is 0.0833. The summed E-state index contributed by atoms with van der Waals surface area (Å²) in [5, 5.41) is 1.34. The Morgan fingerprint density at radius 1 is 0.684 bits per heavy atom. The lowest BCUT2D eigenvalue weighted by molar-refractivity contribution is 0.195. The van der Waals surface area contributed by atoms with Crippen LogP contribution in [-0.4, -0.2) is 16.8 Å². The predicted molar refractivity (Wildman–Crippen MR) is 159 cm³/mol. The van der Waals surface area contributed by atoms with Gasteiger partial charge >= 0.3 is 0 Å². The average Bonchev–Trinajstić information content (AvgIpc) is 3.54. The summed E-state index contributed by atoms with van der Waals surface area (Å²) in [6.45, 7) is 5.40. The molecular formula is C34H28BN3. The number of nitrogens with zero attached hydrogens (tertiary/aromatic N) is 3. The van der Waals surface area contributed by atoms with Crippen molar-refractivity contribution in [2.45, 2.75) is 50.5 Å². The van der Waals surface area contributed by atoms with Gasteiger partial charge in [-0.2, -0.15) is 0 Å². The maximum absolute atomic E-state index is 2.82. The molecule has 1 saturated carbocycles. The van der Waals surface area contributed by atoms with Crippen LogP contribution in [0.3, 0.4) is 0 Å². The van der Waals surface area contributed by atoms with E-state index in [-0.39, 0.29) is 17.7 Å². The van der Waals surface area contributed by atoms with E-state index in [4.69, 9.17) is 0 Å². The van der Waals surface area contributed by atoms with E-state index < -0.39 is 0 Å². The first kappa shape index (κ1) is 20.1. The highest BCUT2D eigenvalue weighted by atomic mass is 15.3. The molecule has 182 valence electrons. The minimum Gasteiger partial charge on any atom is -0.335 e. The third kappa shape index (κ3) is 1.89. The van der Waals surface area contributed by atoms with Gasteiger partial charge in [-0.1, -0.05) is 68.3 Å². The molecule has 4 heteroatoms. The van der Waals surface area contributed by atoms with E-state index in [1.807, 2.05) is 0 Å². The van der Waals surface area contributed by atoms with Crippen molar-refractivity contribution in [2.24, 2.45) is 0 Å². The SMILES string of the molecule is CC12CCCCC1(C)N1c3cccc4c3B3c5c(ccc2c51)-n1c3c(c2ccccc21)N4c1ccccc1. The van der Waals surface area contributed by atoms with Crippen LogP contribution in [0.4, 0.5) is 28.4 Å². The molecule has 4 aliphatic heterocycles. The van der Waals surface area contributed by atoms with Gasteiger partial charge in [0.25, 0.3) is 6.71 Å². The molecule has 0 N–H and O–H groups in total. The molecule has 0 amide bonds. The second kappa shape index (κ2) is 6.21. The summed E-state index contributed by atoms with van der Waals surface area (Å²) >= 11 is 0. The molecule has 1 fully saturated rings. The van der Waals surface area contributed by atoms with Crippen LogP contribution < -0.4 is 26.3 Å². The zero-order chi connectivity index (χ0) is 25.0. The number of para-hydroxylation sites is 2.